The van der Waals surface area contributed by atoms with E-state index in [4.69, 9.17) is 6.42 Å². The van der Waals surface area contributed by atoms with Gasteiger partial charge in [-0.3, -0.25) is 0 Å². The van der Waals surface area contributed by atoms with Crippen molar-refractivity contribution >= 4 is 12.4 Å². The average molecular weight is 174 g/mol. The van der Waals surface area contributed by atoms with Crippen molar-refractivity contribution in [2.75, 3.05) is 6.54 Å². The molecule has 1 saturated heterocycles. The maximum atomic E-state index is 5.17. The molecule has 11 heavy (non-hydrogen) atoms. The van der Waals surface area contributed by atoms with Crippen LogP contribution in [0.1, 0.15) is 32.1 Å². The van der Waals surface area contributed by atoms with Crippen LogP contribution in [0.5, 0.6) is 0 Å². The standard InChI is InChI=1S/C9H15N.ClH/c1-2-3-6-9-7-4-5-8-10-9;/h1,9-10H,3-8H2;1H. The topological polar surface area (TPSA) is 12.0 Å². The van der Waals surface area contributed by atoms with Gasteiger partial charge in [0.1, 0.15) is 0 Å². The van der Waals surface area contributed by atoms with E-state index in [0.29, 0.717) is 6.04 Å². The molecule has 1 unspecified atom stereocenters. The highest BCUT2D eigenvalue weighted by molar-refractivity contribution is 5.85. The molecule has 1 nitrogen and oxygen atoms in total. The lowest BCUT2D eigenvalue weighted by Crippen LogP contribution is -2.33. The van der Waals surface area contributed by atoms with E-state index in [-0.39, 0.29) is 12.4 Å². The zero-order chi connectivity index (χ0) is 7.23. The molecule has 0 saturated carbocycles. The molecule has 0 aromatic carbocycles. The van der Waals surface area contributed by atoms with Gasteiger partial charge in [-0.2, -0.15) is 0 Å². The molecular weight excluding hydrogens is 158 g/mol. The van der Waals surface area contributed by atoms with Crippen LogP contribution in [-0.2, 0) is 0 Å². The summed E-state index contributed by atoms with van der Waals surface area (Å²) < 4.78 is 0. The fourth-order valence-corrected chi connectivity index (χ4v) is 1.43. The lowest BCUT2D eigenvalue weighted by molar-refractivity contribution is 0.386. The molecule has 1 fully saturated rings. The van der Waals surface area contributed by atoms with Crippen molar-refractivity contribution < 1.29 is 0 Å². The Morgan fingerprint density at radius 2 is 2.27 bits per heavy atom. The van der Waals surface area contributed by atoms with Gasteiger partial charge in [0.05, 0.1) is 0 Å². The highest BCUT2D eigenvalue weighted by Crippen LogP contribution is 2.10. The highest BCUT2D eigenvalue weighted by Gasteiger charge is 2.10. The van der Waals surface area contributed by atoms with Gasteiger partial charge in [0.25, 0.3) is 0 Å². The van der Waals surface area contributed by atoms with E-state index in [9.17, 15) is 0 Å². The number of hydrogen-bond donors (Lipinski definition) is 1. The fraction of sp³-hybridized carbons (Fsp3) is 0.778. The van der Waals surface area contributed by atoms with Gasteiger partial charge in [-0.05, 0) is 25.8 Å². The molecule has 1 aliphatic heterocycles. The van der Waals surface area contributed by atoms with E-state index >= 15 is 0 Å². The van der Waals surface area contributed by atoms with Crippen LogP contribution in [0.3, 0.4) is 0 Å². The number of hydrogen-bond acceptors (Lipinski definition) is 1. The number of piperidine rings is 1. The molecule has 1 heterocycles. The third-order valence-corrected chi connectivity index (χ3v) is 2.05. The van der Waals surface area contributed by atoms with Crippen LogP contribution in [-0.4, -0.2) is 12.6 Å². The maximum absolute atomic E-state index is 5.17. The van der Waals surface area contributed by atoms with Crippen molar-refractivity contribution in [1.82, 2.24) is 5.32 Å². The minimum atomic E-state index is 0. The van der Waals surface area contributed by atoms with Crippen LogP contribution in [0.25, 0.3) is 0 Å². The van der Waals surface area contributed by atoms with Crippen LogP contribution < -0.4 is 5.32 Å². The second kappa shape index (κ2) is 6.52. The minimum Gasteiger partial charge on any atom is -0.314 e. The summed E-state index contributed by atoms with van der Waals surface area (Å²) in [6.45, 7) is 1.19. The van der Waals surface area contributed by atoms with E-state index in [2.05, 4.69) is 11.2 Å². The van der Waals surface area contributed by atoms with Gasteiger partial charge in [-0.15, -0.1) is 24.8 Å². The fourth-order valence-electron chi connectivity index (χ4n) is 1.43. The molecule has 0 amide bonds. The minimum absolute atomic E-state index is 0. The summed E-state index contributed by atoms with van der Waals surface area (Å²) in [5.74, 6) is 2.67. The van der Waals surface area contributed by atoms with Gasteiger partial charge in [-0.1, -0.05) is 6.42 Å². The first-order chi connectivity index (χ1) is 4.93. The van der Waals surface area contributed by atoms with Crippen LogP contribution in [0.2, 0.25) is 0 Å². The van der Waals surface area contributed by atoms with Crippen LogP contribution in [0.15, 0.2) is 0 Å². The summed E-state index contributed by atoms with van der Waals surface area (Å²) in [4.78, 5) is 0. The number of rotatable bonds is 2. The molecule has 64 valence electrons. The molecule has 0 aromatic heterocycles. The SMILES string of the molecule is C#CCCC1CCCCN1.Cl. The quantitative estimate of drug-likeness (QED) is 0.630. The first-order valence-corrected chi connectivity index (χ1v) is 4.10. The van der Waals surface area contributed by atoms with Crippen molar-refractivity contribution in [3.63, 3.8) is 0 Å². The normalized spacial score (nSPS) is 23.4. The molecule has 0 aromatic rings. The van der Waals surface area contributed by atoms with Gasteiger partial charge >= 0.3 is 0 Å². The molecular formula is C9H16ClN. The van der Waals surface area contributed by atoms with E-state index in [1.807, 2.05) is 0 Å². The summed E-state index contributed by atoms with van der Waals surface area (Å²) in [6.07, 6.45) is 11.3. The summed E-state index contributed by atoms with van der Waals surface area (Å²) in [5.41, 5.74) is 0. The Labute approximate surface area is 75.4 Å². The van der Waals surface area contributed by atoms with E-state index in [1.54, 1.807) is 0 Å². The summed E-state index contributed by atoms with van der Waals surface area (Å²) in [7, 11) is 0. The van der Waals surface area contributed by atoms with Crippen molar-refractivity contribution in [2.45, 2.75) is 38.1 Å². The zero-order valence-corrected chi connectivity index (χ0v) is 7.62. The molecule has 1 rings (SSSR count). The second-order valence-electron chi connectivity index (χ2n) is 2.89. The summed E-state index contributed by atoms with van der Waals surface area (Å²) in [6, 6.07) is 0.713. The van der Waals surface area contributed by atoms with Crippen molar-refractivity contribution in [3.05, 3.63) is 0 Å². The first kappa shape index (κ1) is 10.8. The molecule has 1 atom stereocenters. The van der Waals surface area contributed by atoms with Crippen molar-refractivity contribution in [2.24, 2.45) is 0 Å². The van der Waals surface area contributed by atoms with E-state index < -0.39 is 0 Å². The van der Waals surface area contributed by atoms with Crippen molar-refractivity contribution in [1.29, 1.82) is 0 Å². The van der Waals surface area contributed by atoms with Crippen molar-refractivity contribution in [3.8, 4) is 12.3 Å². The second-order valence-corrected chi connectivity index (χ2v) is 2.89. The molecule has 2 heteroatoms. The molecule has 0 spiro atoms. The first-order valence-electron chi connectivity index (χ1n) is 4.10. The third kappa shape index (κ3) is 4.29. The zero-order valence-electron chi connectivity index (χ0n) is 6.81. The van der Waals surface area contributed by atoms with Crippen LogP contribution in [0, 0.1) is 12.3 Å². The number of terminal acetylenes is 1. The Bertz CT molecular complexity index is 122. The summed E-state index contributed by atoms with van der Waals surface area (Å²) >= 11 is 0. The Morgan fingerprint density at radius 3 is 2.82 bits per heavy atom. The highest BCUT2D eigenvalue weighted by atomic mass is 35.5. The van der Waals surface area contributed by atoms with Gasteiger partial charge in [0.15, 0.2) is 0 Å². The molecule has 1 N–H and O–H groups in total. The third-order valence-electron chi connectivity index (χ3n) is 2.05. The van der Waals surface area contributed by atoms with E-state index in [0.717, 1.165) is 12.8 Å². The lowest BCUT2D eigenvalue weighted by Gasteiger charge is -2.22. The summed E-state index contributed by atoms with van der Waals surface area (Å²) in [5, 5.41) is 3.46. The van der Waals surface area contributed by atoms with Gasteiger partial charge in [0, 0.05) is 12.5 Å². The van der Waals surface area contributed by atoms with E-state index in [1.165, 1.54) is 25.8 Å². The molecule has 0 aliphatic carbocycles. The van der Waals surface area contributed by atoms with Crippen LogP contribution in [0.4, 0.5) is 0 Å². The Hall–Kier alpha value is -0.190. The Balaban J connectivity index is 0.000001000. The molecule has 1 aliphatic rings. The molecule has 0 radical (unpaired) electrons. The van der Waals surface area contributed by atoms with Gasteiger partial charge in [0.2, 0.25) is 0 Å². The monoisotopic (exact) mass is 173 g/mol. The van der Waals surface area contributed by atoms with Crippen LogP contribution >= 0.6 is 12.4 Å². The van der Waals surface area contributed by atoms with Gasteiger partial charge < -0.3 is 5.32 Å². The van der Waals surface area contributed by atoms with Gasteiger partial charge in [-0.25, -0.2) is 0 Å². The maximum Gasteiger partial charge on any atom is 0.0101 e. The Morgan fingerprint density at radius 1 is 1.45 bits per heavy atom. The average Bonchev–Trinajstić information content (AvgIpc) is 2.03. The smallest absolute Gasteiger partial charge is 0.0101 e. The Kier molecular flexibility index (Phi) is 6.40. The lowest BCUT2D eigenvalue weighted by atomic mass is 10.0. The number of halogens is 1. The molecule has 0 bridgehead atoms. The predicted octanol–water partition coefficient (Wildman–Crippen LogP) is 1.96. The number of nitrogens with one attached hydrogen (secondary N) is 1. The largest absolute Gasteiger partial charge is 0.314 e. The predicted molar refractivity (Wildman–Crippen MR) is 51.0 cm³/mol.